The lowest BCUT2D eigenvalue weighted by Gasteiger charge is -2.24. The normalized spacial score (nSPS) is 15.1. The van der Waals surface area contributed by atoms with Gasteiger partial charge in [0, 0.05) is 17.4 Å². The number of hydrogen-bond donors (Lipinski definition) is 0. The number of halogens is 1. The predicted octanol–water partition coefficient (Wildman–Crippen LogP) is 5.03. The van der Waals surface area contributed by atoms with Crippen LogP contribution in [-0.4, -0.2) is 29.6 Å². The van der Waals surface area contributed by atoms with Gasteiger partial charge in [-0.1, -0.05) is 31.5 Å². The van der Waals surface area contributed by atoms with Gasteiger partial charge in [-0.3, -0.25) is 14.5 Å². The first-order valence-corrected chi connectivity index (χ1v) is 11.4. The number of carbonyl (C=O) groups excluding carboxylic acids is 1. The molecule has 0 spiro atoms. The molecule has 1 atom stereocenters. The summed E-state index contributed by atoms with van der Waals surface area (Å²) in [6, 6.07) is 10.8. The second-order valence-corrected chi connectivity index (χ2v) is 8.99. The summed E-state index contributed by atoms with van der Waals surface area (Å²) in [6.45, 7) is 4.62. The van der Waals surface area contributed by atoms with Crippen molar-refractivity contribution in [1.82, 2.24) is 9.97 Å². The maximum Gasteiger partial charge on any atom is 0.297 e. The number of ether oxygens (including phenoxy) is 2. The number of carbonyl (C=O) groups is 1. The molecule has 3 heterocycles. The highest BCUT2D eigenvalue weighted by Gasteiger charge is 2.45. The second kappa shape index (κ2) is 9.03. The summed E-state index contributed by atoms with van der Waals surface area (Å²) in [6.07, 6.45) is 3.06. The Hall–Kier alpha value is -3.91. The number of methoxy groups -OCH3 is 1. The van der Waals surface area contributed by atoms with E-state index in [1.807, 2.05) is 0 Å². The molecule has 1 unspecified atom stereocenters. The average Bonchev–Trinajstić information content (AvgIpc) is 3.16. The van der Waals surface area contributed by atoms with Crippen molar-refractivity contribution >= 4 is 34.4 Å². The molecule has 1 aliphatic heterocycles. The molecule has 2 aromatic carbocycles. The maximum atomic E-state index is 13.7. The van der Waals surface area contributed by atoms with Crippen molar-refractivity contribution in [3.63, 3.8) is 0 Å². The molecule has 0 N–H and O–H groups in total. The van der Waals surface area contributed by atoms with Gasteiger partial charge in [-0.25, -0.2) is 9.97 Å². The second-order valence-electron chi connectivity index (χ2n) is 8.56. The number of aromatic nitrogens is 2. The third-order valence-corrected chi connectivity index (χ3v) is 5.91. The molecule has 178 valence electrons. The van der Waals surface area contributed by atoms with Crippen LogP contribution in [0.4, 0.5) is 5.95 Å². The summed E-state index contributed by atoms with van der Waals surface area (Å²) < 4.78 is 17.4. The van der Waals surface area contributed by atoms with E-state index in [4.69, 9.17) is 25.5 Å². The zero-order chi connectivity index (χ0) is 24.7. The minimum absolute atomic E-state index is 0.0543. The van der Waals surface area contributed by atoms with Crippen molar-refractivity contribution < 1.29 is 18.7 Å². The first-order valence-electron chi connectivity index (χ1n) is 11.1. The third-order valence-electron chi connectivity index (χ3n) is 5.68. The largest absolute Gasteiger partial charge is 0.493 e. The Morgan fingerprint density at radius 2 is 1.86 bits per heavy atom. The highest BCUT2D eigenvalue weighted by molar-refractivity contribution is 6.31. The molecule has 0 fully saturated rings. The molecule has 8 nitrogen and oxygen atoms in total. The molecule has 5 rings (SSSR count). The lowest BCUT2D eigenvalue weighted by atomic mass is 9.98. The summed E-state index contributed by atoms with van der Waals surface area (Å²) in [5, 5.41) is 0.677. The van der Waals surface area contributed by atoms with E-state index < -0.39 is 11.9 Å². The molecule has 0 saturated heterocycles. The van der Waals surface area contributed by atoms with Gasteiger partial charge in [-0.15, -0.1) is 0 Å². The molecule has 1 amide bonds. The van der Waals surface area contributed by atoms with Crippen LogP contribution in [-0.2, 0) is 0 Å². The van der Waals surface area contributed by atoms with Crippen LogP contribution in [0.15, 0.2) is 64.1 Å². The van der Waals surface area contributed by atoms with Gasteiger partial charge in [-0.05, 0) is 47.9 Å². The predicted molar refractivity (Wildman–Crippen MR) is 132 cm³/mol. The van der Waals surface area contributed by atoms with Crippen molar-refractivity contribution in [1.29, 1.82) is 0 Å². The fourth-order valence-corrected chi connectivity index (χ4v) is 4.28. The van der Waals surface area contributed by atoms with Crippen LogP contribution in [0, 0.1) is 5.92 Å². The van der Waals surface area contributed by atoms with E-state index in [2.05, 4.69) is 23.8 Å². The molecule has 0 saturated carbocycles. The molecular formula is C26H22ClN3O5. The Labute approximate surface area is 206 Å². The standard InChI is InChI=1S/C26H22ClN3O5/c1-14(2)13-34-19-7-5-15(11-20(19)33-3)22-21-23(31)17-12-16(27)6-8-18(17)35-24(21)25(32)30(22)26-28-9-4-10-29-26/h4-12,14,22H,13H2,1-3H3. The summed E-state index contributed by atoms with van der Waals surface area (Å²) in [4.78, 5) is 37.1. The van der Waals surface area contributed by atoms with Crippen molar-refractivity contribution in [3.05, 3.63) is 87.0 Å². The lowest BCUT2D eigenvalue weighted by molar-refractivity contribution is 0.0969. The van der Waals surface area contributed by atoms with Gasteiger partial charge in [0.15, 0.2) is 16.9 Å². The molecule has 0 aliphatic carbocycles. The van der Waals surface area contributed by atoms with Crippen molar-refractivity contribution in [2.24, 2.45) is 5.92 Å². The van der Waals surface area contributed by atoms with Crippen LogP contribution in [0.5, 0.6) is 11.5 Å². The van der Waals surface area contributed by atoms with E-state index in [0.29, 0.717) is 34.6 Å². The Morgan fingerprint density at radius 1 is 1.09 bits per heavy atom. The Balaban J connectivity index is 1.73. The highest BCUT2D eigenvalue weighted by Crippen LogP contribution is 2.42. The Kier molecular flexibility index (Phi) is 5.90. The molecule has 2 aromatic heterocycles. The van der Waals surface area contributed by atoms with Crippen LogP contribution < -0.4 is 19.8 Å². The Morgan fingerprint density at radius 3 is 2.57 bits per heavy atom. The van der Waals surface area contributed by atoms with E-state index in [-0.39, 0.29) is 33.7 Å². The van der Waals surface area contributed by atoms with Crippen LogP contribution >= 0.6 is 11.6 Å². The molecule has 4 aromatic rings. The monoisotopic (exact) mass is 491 g/mol. The van der Waals surface area contributed by atoms with Gasteiger partial charge in [0.05, 0.1) is 30.7 Å². The molecule has 0 bridgehead atoms. The minimum Gasteiger partial charge on any atom is -0.493 e. The van der Waals surface area contributed by atoms with Gasteiger partial charge in [0.2, 0.25) is 11.7 Å². The van der Waals surface area contributed by atoms with E-state index >= 15 is 0 Å². The molecule has 35 heavy (non-hydrogen) atoms. The molecular weight excluding hydrogens is 470 g/mol. The topological polar surface area (TPSA) is 94.8 Å². The summed E-state index contributed by atoms with van der Waals surface area (Å²) in [5.74, 6) is 0.954. The minimum atomic E-state index is -0.840. The van der Waals surface area contributed by atoms with Gasteiger partial charge in [0.1, 0.15) is 5.58 Å². The van der Waals surface area contributed by atoms with Gasteiger partial charge >= 0.3 is 0 Å². The molecule has 9 heteroatoms. The molecule has 1 aliphatic rings. The zero-order valence-electron chi connectivity index (χ0n) is 19.3. The number of benzene rings is 2. The van der Waals surface area contributed by atoms with E-state index in [1.165, 1.54) is 30.5 Å². The maximum absolute atomic E-state index is 13.7. The van der Waals surface area contributed by atoms with E-state index in [1.54, 1.807) is 36.4 Å². The lowest BCUT2D eigenvalue weighted by Crippen LogP contribution is -2.31. The number of anilines is 1. The van der Waals surface area contributed by atoms with E-state index in [9.17, 15) is 9.59 Å². The van der Waals surface area contributed by atoms with E-state index in [0.717, 1.165) is 0 Å². The number of fused-ring (bicyclic) bond motifs is 2. The zero-order valence-corrected chi connectivity index (χ0v) is 20.1. The summed E-state index contributed by atoms with van der Waals surface area (Å²) >= 11 is 6.15. The third kappa shape index (κ3) is 4.00. The quantitative estimate of drug-likeness (QED) is 0.373. The van der Waals surface area contributed by atoms with Gasteiger partial charge in [0.25, 0.3) is 5.91 Å². The fraction of sp³-hybridized carbons (Fsp3) is 0.231. The molecule has 0 radical (unpaired) electrons. The number of amides is 1. The SMILES string of the molecule is COc1cc(C2c3c(oc4ccc(Cl)cc4c3=O)C(=O)N2c2ncccn2)ccc1OCC(C)C. The fourth-order valence-electron chi connectivity index (χ4n) is 4.11. The van der Waals surface area contributed by atoms with Crippen molar-refractivity contribution in [3.8, 4) is 11.5 Å². The first-order chi connectivity index (χ1) is 16.9. The number of hydrogen-bond acceptors (Lipinski definition) is 7. The van der Waals surface area contributed by atoms with Gasteiger partial charge < -0.3 is 13.9 Å². The van der Waals surface area contributed by atoms with Crippen molar-refractivity contribution in [2.75, 3.05) is 18.6 Å². The van der Waals surface area contributed by atoms with Crippen LogP contribution in [0.1, 0.15) is 41.6 Å². The first kappa shape index (κ1) is 22.9. The van der Waals surface area contributed by atoms with Crippen LogP contribution in [0.3, 0.4) is 0 Å². The summed E-state index contributed by atoms with van der Waals surface area (Å²) in [7, 11) is 1.54. The van der Waals surface area contributed by atoms with Crippen LogP contribution in [0.2, 0.25) is 5.02 Å². The highest BCUT2D eigenvalue weighted by atomic mass is 35.5. The number of rotatable bonds is 6. The van der Waals surface area contributed by atoms with Crippen LogP contribution in [0.25, 0.3) is 11.0 Å². The average molecular weight is 492 g/mol. The van der Waals surface area contributed by atoms with Gasteiger partial charge in [-0.2, -0.15) is 0 Å². The van der Waals surface area contributed by atoms with Crippen molar-refractivity contribution in [2.45, 2.75) is 19.9 Å². The smallest absolute Gasteiger partial charge is 0.297 e. The number of nitrogens with zero attached hydrogens (tertiary/aromatic N) is 3. The Bertz CT molecular complexity index is 1490. The summed E-state index contributed by atoms with van der Waals surface area (Å²) in [5.41, 5.74) is 0.734.